The molecule has 9 heteroatoms. The molecule has 0 aliphatic rings. The highest BCUT2D eigenvalue weighted by Gasteiger charge is 2.21. The van der Waals surface area contributed by atoms with Gasteiger partial charge in [-0.15, -0.1) is 0 Å². The molecule has 0 aliphatic heterocycles. The van der Waals surface area contributed by atoms with Gasteiger partial charge in [0.25, 0.3) is 11.8 Å². The molecule has 0 spiro atoms. The van der Waals surface area contributed by atoms with Gasteiger partial charge in [0.2, 0.25) is 5.88 Å². The van der Waals surface area contributed by atoms with Crippen molar-refractivity contribution in [2.24, 2.45) is 5.11 Å². The summed E-state index contributed by atoms with van der Waals surface area (Å²) < 4.78 is 4.87. The lowest BCUT2D eigenvalue weighted by atomic mass is 10.2. The first-order chi connectivity index (χ1) is 10.0. The van der Waals surface area contributed by atoms with E-state index in [4.69, 9.17) is 21.7 Å². The van der Waals surface area contributed by atoms with Gasteiger partial charge in [0.1, 0.15) is 5.56 Å². The smallest absolute Gasteiger partial charge is 0.258 e. The molecule has 0 aliphatic carbocycles. The van der Waals surface area contributed by atoms with Crippen LogP contribution in [0, 0.1) is 6.92 Å². The first-order valence-electron chi connectivity index (χ1n) is 5.65. The molecule has 0 unspecified atom stereocenters. The first kappa shape index (κ1) is 14.6. The van der Waals surface area contributed by atoms with E-state index in [0.29, 0.717) is 10.6 Å². The average molecular weight is 306 g/mol. The molecule has 0 fully saturated rings. The molecule has 21 heavy (non-hydrogen) atoms. The number of nitrogens with one attached hydrogen (secondary N) is 1. The van der Waals surface area contributed by atoms with Crippen LogP contribution in [-0.4, -0.2) is 17.0 Å². The van der Waals surface area contributed by atoms with Gasteiger partial charge in [-0.25, -0.2) is 0 Å². The first-order valence-corrected chi connectivity index (χ1v) is 6.03. The van der Waals surface area contributed by atoms with Crippen molar-refractivity contribution >= 4 is 29.3 Å². The Morgan fingerprint density at radius 2 is 2.05 bits per heavy atom. The Balaban J connectivity index is 2.28. The molecular weight excluding hydrogens is 298 g/mol. The molecule has 1 N–H and O–H groups in total. The summed E-state index contributed by atoms with van der Waals surface area (Å²) in [4.78, 5) is 26.0. The highest BCUT2D eigenvalue weighted by atomic mass is 35.5. The predicted molar refractivity (Wildman–Crippen MR) is 74.1 cm³/mol. The van der Waals surface area contributed by atoms with E-state index in [1.54, 1.807) is 12.1 Å². The normalized spacial score (nSPS) is 9.81. The van der Waals surface area contributed by atoms with Crippen LogP contribution in [0.2, 0.25) is 5.02 Å². The lowest BCUT2D eigenvalue weighted by molar-refractivity contribution is 0.100. The minimum absolute atomic E-state index is 0.0879. The number of amides is 2. The number of benzene rings is 1. The van der Waals surface area contributed by atoms with E-state index in [9.17, 15) is 9.59 Å². The fourth-order valence-electron chi connectivity index (χ4n) is 1.57. The van der Waals surface area contributed by atoms with Crippen molar-refractivity contribution < 1.29 is 14.1 Å². The van der Waals surface area contributed by atoms with Gasteiger partial charge in [-0.2, -0.15) is 0 Å². The number of rotatable bonds is 3. The summed E-state index contributed by atoms with van der Waals surface area (Å²) in [5.74, 6) is -1.58. The summed E-state index contributed by atoms with van der Waals surface area (Å²) in [6.45, 7) is 1.49. The van der Waals surface area contributed by atoms with E-state index in [0.717, 1.165) is 0 Å². The zero-order chi connectivity index (χ0) is 15.4. The second kappa shape index (κ2) is 6.08. The summed E-state index contributed by atoms with van der Waals surface area (Å²) in [6, 6.07) is 6.12. The number of nitrogens with zero attached hydrogens (tertiary/aromatic N) is 4. The van der Waals surface area contributed by atoms with Gasteiger partial charge in [-0.05, 0) is 41.8 Å². The van der Waals surface area contributed by atoms with Crippen LogP contribution in [0.25, 0.3) is 10.4 Å². The summed E-state index contributed by atoms with van der Waals surface area (Å²) in [5.41, 5.74) is 8.72. The molecule has 2 rings (SSSR count). The molecule has 2 amide bonds. The van der Waals surface area contributed by atoms with Gasteiger partial charge in [0.15, 0.2) is 0 Å². The molecule has 0 atom stereocenters. The molecule has 0 radical (unpaired) electrons. The van der Waals surface area contributed by atoms with Crippen molar-refractivity contribution in [1.82, 2.24) is 5.16 Å². The molecular formula is C12H8ClN5O3. The molecule has 0 bridgehead atoms. The zero-order valence-electron chi connectivity index (χ0n) is 10.7. The molecule has 0 saturated heterocycles. The second-order valence-electron chi connectivity index (χ2n) is 3.93. The summed E-state index contributed by atoms with van der Waals surface area (Å²) in [7, 11) is 0. The van der Waals surface area contributed by atoms with Gasteiger partial charge >= 0.3 is 0 Å². The number of anilines is 1. The lowest BCUT2D eigenvalue weighted by Gasteiger charge is -2.02. The standard InChI is InChI=1S/C12H8ClN5O3/c1-6-9(11(20)16-18-14)12(21-17-6)15-10(19)7-2-4-8(13)5-3-7/h2-5H,1H3,(H,15,19). The summed E-state index contributed by atoms with van der Waals surface area (Å²) in [5, 5.41) is 9.40. The van der Waals surface area contributed by atoms with Crippen LogP contribution in [0.1, 0.15) is 26.4 Å². The number of hydrogen-bond acceptors (Lipinski definition) is 4. The number of carbonyl (C=O) groups excluding carboxylic acids is 2. The van der Waals surface area contributed by atoms with E-state index in [1.165, 1.54) is 19.1 Å². The molecule has 1 aromatic carbocycles. The molecule has 2 aromatic rings. The average Bonchev–Trinajstić information content (AvgIpc) is 2.80. The lowest BCUT2D eigenvalue weighted by Crippen LogP contribution is -2.13. The van der Waals surface area contributed by atoms with Crippen LogP contribution in [0.4, 0.5) is 5.88 Å². The Kier molecular flexibility index (Phi) is 4.22. The van der Waals surface area contributed by atoms with Crippen LogP contribution in [0.5, 0.6) is 0 Å². The van der Waals surface area contributed by atoms with Gasteiger partial charge < -0.3 is 4.52 Å². The maximum atomic E-state index is 12.0. The van der Waals surface area contributed by atoms with E-state index in [-0.39, 0.29) is 17.1 Å². The molecule has 0 saturated carbocycles. The highest BCUT2D eigenvalue weighted by molar-refractivity contribution is 6.30. The number of halogens is 1. The minimum atomic E-state index is -0.886. The Bertz CT molecular complexity index is 747. The number of azide groups is 1. The van der Waals surface area contributed by atoms with Crippen molar-refractivity contribution in [3.8, 4) is 0 Å². The van der Waals surface area contributed by atoms with Gasteiger partial charge in [0.05, 0.1) is 5.69 Å². The van der Waals surface area contributed by atoms with Gasteiger partial charge in [-0.1, -0.05) is 16.8 Å². The number of aromatic nitrogens is 1. The van der Waals surface area contributed by atoms with Crippen molar-refractivity contribution in [1.29, 1.82) is 0 Å². The third-order valence-electron chi connectivity index (χ3n) is 2.55. The Labute approximate surface area is 123 Å². The Morgan fingerprint density at radius 3 is 2.67 bits per heavy atom. The maximum absolute atomic E-state index is 12.0. The van der Waals surface area contributed by atoms with E-state index < -0.39 is 11.8 Å². The second-order valence-corrected chi connectivity index (χ2v) is 4.36. The van der Waals surface area contributed by atoms with Crippen LogP contribution < -0.4 is 5.32 Å². The Morgan fingerprint density at radius 1 is 1.38 bits per heavy atom. The number of aryl methyl sites for hydroxylation is 1. The molecule has 8 nitrogen and oxygen atoms in total. The number of hydrogen-bond donors (Lipinski definition) is 1. The summed E-state index contributed by atoms with van der Waals surface area (Å²) in [6.07, 6.45) is 0. The van der Waals surface area contributed by atoms with E-state index >= 15 is 0 Å². The van der Waals surface area contributed by atoms with Crippen molar-refractivity contribution in [3.63, 3.8) is 0 Å². The van der Waals surface area contributed by atoms with Crippen molar-refractivity contribution in [3.05, 3.63) is 56.6 Å². The predicted octanol–water partition coefficient (Wildman–Crippen LogP) is 3.34. The minimum Gasteiger partial charge on any atom is -0.337 e. The molecule has 1 aromatic heterocycles. The van der Waals surface area contributed by atoms with Crippen molar-refractivity contribution in [2.75, 3.05) is 5.32 Å². The van der Waals surface area contributed by atoms with E-state index in [1.807, 2.05) is 0 Å². The summed E-state index contributed by atoms with van der Waals surface area (Å²) >= 11 is 5.73. The fourth-order valence-corrected chi connectivity index (χ4v) is 1.70. The Hall–Kier alpha value is -2.83. The van der Waals surface area contributed by atoms with Gasteiger partial charge in [0, 0.05) is 15.5 Å². The zero-order valence-corrected chi connectivity index (χ0v) is 11.5. The molecule has 106 valence electrons. The van der Waals surface area contributed by atoms with E-state index in [2.05, 4.69) is 20.5 Å². The van der Waals surface area contributed by atoms with Crippen LogP contribution in [-0.2, 0) is 0 Å². The van der Waals surface area contributed by atoms with Crippen molar-refractivity contribution in [2.45, 2.75) is 6.92 Å². The van der Waals surface area contributed by atoms with Crippen LogP contribution in [0.3, 0.4) is 0 Å². The molecule has 1 heterocycles. The SMILES string of the molecule is Cc1noc(NC(=O)c2ccc(Cl)cc2)c1C(=O)N=[N+]=[N-]. The van der Waals surface area contributed by atoms with Gasteiger partial charge in [-0.3, -0.25) is 14.9 Å². The quantitative estimate of drug-likeness (QED) is 0.531. The number of carbonyl (C=O) groups is 2. The maximum Gasteiger partial charge on any atom is 0.258 e. The van der Waals surface area contributed by atoms with Crippen LogP contribution >= 0.6 is 11.6 Å². The largest absolute Gasteiger partial charge is 0.337 e. The monoisotopic (exact) mass is 305 g/mol. The third kappa shape index (κ3) is 3.19. The van der Waals surface area contributed by atoms with Crippen LogP contribution in [0.15, 0.2) is 33.9 Å². The topological polar surface area (TPSA) is 121 Å². The fraction of sp³-hybridized carbons (Fsp3) is 0.0833. The highest BCUT2D eigenvalue weighted by Crippen LogP contribution is 2.21. The third-order valence-corrected chi connectivity index (χ3v) is 2.80.